The number of hydrogen-bond acceptors (Lipinski definition) is 8. The van der Waals surface area contributed by atoms with E-state index in [-0.39, 0.29) is 11.8 Å². The van der Waals surface area contributed by atoms with E-state index in [0.717, 1.165) is 53.7 Å². The molecule has 246 valence electrons. The number of hydrogen-bond donors (Lipinski definition) is 1. The molecule has 2 aromatic heterocycles. The second-order valence-electron chi connectivity index (χ2n) is 13.0. The van der Waals surface area contributed by atoms with E-state index in [0.29, 0.717) is 55.7 Å². The molecule has 0 unspecified atom stereocenters. The van der Waals surface area contributed by atoms with Gasteiger partial charge >= 0.3 is 0 Å². The number of pyridine rings is 1. The molecule has 11 heteroatoms. The molecule has 5 heterocycles. The van der Waals surface area contributed by atoms with Crippen molar-refractivity contribution in [1.29, 1.82) is 5.41 Å². The third kappa shape index (κ3) is 6.01. The van der Waals surface area contributed by atoms with Crippen LogP contribution < -0.4 is 9.64 Å². The van der Waals surface area contributed by atoms with E-state index in [1.165, 1.54) is 5.57 Å². The predicted octanol–water partition coefficient (Wildman–Crippen LogP) is 4.35. The molecule has 2 aromatic carbocycles. The molecular formula is C37H40N8O3. The first-order valence-electron chi connectivity index (χ1n) is 16.4. The second kappa shape index (κ2) is 12.8. The minimum absolute atomic E-state index is 0.107. The number of amides is 2. The number of nitrogens with one attached hydrogen (secondary N) is 1. The van der Waals surface area contributed by atoms with Crippen LogP contribution >= 0.6 is 0 Å². The van der Waals surface area contributed by atoms with E-state index in [4.69, 9.17) is 10.1 Å². The number of likely N-dealkylation sites (tertiary alicyclic amines) is 1. The Bertz CT molecular complexity index is 1900. The highest BCUT2D eigenvalue weighted by Crippen LogP contribution is 2.42. The molecule has 2 fully saturated rings. The molecule has 3 aliphatic heterocycles. The van der Waals surface area contributed by atoms with Crippen molar-refractivity contribution in [3.05, 3.63) is 95.5 Å². The van der Waals surface area contributed by atoms with E-state index in [2.05, 4.69) is 38.2 Å². The topological polar surface area (TPSA) is 121 Å². The van der Waals surface area contributed by atoms with Crippen molar-refractivity contribution in [2.45, 2.75) is 26.2 Å². The number of carbonyl (C=O) groups excluding carboxylic acids is 2. The Labute approximate surface area is 280 Å². The molecular weight excluding hydrogens is 604 g/mol. The molecule has 11 nitrogen and oxygen atoms in total. The Morgan fingerprint density at radius 3 is 2.48 bits per heavy atom. The average Bonchev–Trinajstić information content (AvgIpc) is 3.83. The Morgan fingerprint density at radius 1 is 1.00 bits per heavy atom. The third-order valence-corrected chi connectivity index (χ3v) is 10.0. The Kier molecular flexibility index (Phi) is 8.38. The van der Waals surface area contributed by atoms with Gasteiger partial charge in [0.15, 0.2) is 5.82 Å². The molecule has 1 spiro atoms. The lowest BCUT2D eigenvalue weighted by Gasteiger charge is -2.29. The number of benzene rings is 2. The molecule has 7 rings (SSSR count). The number of aryl methyl sites for hydroxylation is 2. The fourth-order valence-electron chi connectivity index (χ4n) is 7.14. The molecule has 2 amide bonds. The summed E-state index contributed by atoms with van der Waals surface area (Å²) in [6, 6.07) is 17.7. The zero-order chi connectivity index (χ0) is 33.4. The van der Waals surface area contributed by atoms with Crippen molar-refractivity contribution < 1.29 is 14.3 Å². The van der Waals surface area contributed by atoms with Gasteiger partial charge in [-0.05, 0) is 67.6 Å². The lowest BCUT2D eigenvalue weighted by atomic mass is 9.85. The number of nitrogens with zero attached hydrogens (tertiary/aromatic N) is 7. The minimum atomic E-state index is -0.481. The molecule has 3 aliphatic rings. The zero-order valence-electron chi connectivity index (χ0n) is 27.6. The van der Waals surface area contributed by atoms with Gasteiger partial charge in [0.05, 0.1) is 24.8 Å². The largest absolute Gasteiger partial charge is 0.481 e. The van der Waals surface area contributed by atoms with Crippen molar-refractivity contribution in [2.75, 3.05) is 51.3 Å². The van der Waals surface area contributed by atoms with Crippen LogP contribution in [0.3, 0.4) is 0 Å². The highest BCUT2D eigenvalue weighted by atomic mass is 16.5. The number of aromatic nitrogens is 4. The van der Waals surface area contributed by atoms with Crippen molar-refractivity contribution in [3.63, 3.8) is 0 Å². The Balaban J connectivity index is 0.956. The molecule has 0 aliphatic carbocycles. The van der Waals surface area contributed by atoms with Crippen LogP contribution in [0.2, 0.25) is 0 Å². The summed E-state index contributed by atoms with van der Waals surface area (Å²) < 4.78 is 6.85. The highest BCUT2D eigenvalue weighted by molar-refractivity contribution is 6.12. The van der Waals surface area contributed by atoms with Crippen LogP contribution in [0.1, 0.15) is 41.5 Å². The van der Waals surface area contributed by atoms with Crippen molar-refractivity contribution in [2.24, 2.45) is 12.5 Å². The van der Waals surface area contributed by atoms with Gasteiger partial charge in [-0.2, -0.15) is 5.10 Å². The normalized spacial score (nSPS) is 19.6. The summed E-state index contributed by atoms with van der Waals surface area (Å²) in [5.41, 5.74) is 6.46. The molecule has 1 atom stereocenters. The van der Waals surface area contributed by atoms with Crippen LogP contribution in [0, 0.1) is 17.7 Å². The van der Waals surface area contributed by atoms with Gasteiger partial charge in [-0.1, -0.05) is 36.4 Å². The third-order valence-electron chi connectivity index (χ3n) is 10.0. The summed E-state index contributed by atoms with van der Waals surface area (Å²) in [6.45, 7) is 5.50. The summed E-state index contributed by atoms with van der Waals surface area (Å²) in [6.07, 6.45) is 7.78. The molecule has 2 saturated heterocycles. The van der Waals surface area contributed by atoms with Gasteiger partial charge < -0.3 is 14.5 Å². The Morgan fingerprint density at radius 2 is 1.79 bits per heavy atom. The number of anilines is 1. The first kappa shape index (κ1) is 31.4. The number of carbonyl (C=O) groups is 2. The van der Waals surface area contributed by atoms with Crippen LogP contribution in [0.5, 0.6) is 5.88 Å². The summed E-state index contributed by atoms with van der Waals surface area (Å²) >= 11 is 0. The van der Waals surface area contributed by atoms with Crippen molar-refractivity contribution >= 4 is 28.8 Å². The molecule has 0 bridgehead atoms. The maximum absolute atomic E-state index is 14.0. The fraction of sp³-hybridized carbons (Fsp3) is 0.351. The van der Waals surface area contributed by atoms with Gasteiger partial charge in [0.2, 0.25) is 17.7 Å². The number of methoxy groups -OCH3 is 1. The molecule has 0 saturated carbocycles. The first-order valence-corrected chi connectivity index (χ1v) is 16.4. The van der Waals surface area contributed by atoms with Crippen LogP contribution in [-0.2, 0) is 16.6 Å². The smallest absolute Gasteiger partial charge is 0.237 e. The summed E-state index contributed by atoms with van der Waals surface area (Å²) in [5.74, 6) is 1.42. The highest BCUT2D eigenvalue weighted by Gasteiger charge is 2.51. The van der Waals surface area contributed by atoms with Crippen LogP contribution in [-0.4, -0.2) is 93.5 Å². The minimum Gasteiger partial charge on any atom is -0.481 e. The number of ether oxygens (including phenoxy) is 1. The van der Waals surface area contributed by atoms with E-state index in [1.807, 2.05) is 60.2 Å². The van der Waals surface area contributed by atoms with Crippen LogP contribution in [0.25, 0.3) is 17.0 Å². The van der Waals surface area contributed by atoms with Crippen molar-refractivity contribution in [1.82, 2.24) is 29.5 Å². The average molecular weight is 645 g/mol. The maximum atomic E-state index is 14.0. The summed E-state index contributed by atoms with van der Waals surface area (Å²) in [5, 5.41) is 13.2. The first-order chi connectivity index (χ1) is 23.2. The molecule has 0 radical (unpaired) electrons. The van der Waals surface area contributed by atoms with E-state index >= 15 is 0 Å². The standard InChI is InChI=1S/C37H40N8O3/c1-25-4-10-30(20-31(25)34(38)29-9-11-32(48-3)39-21-29)45-19-15-37(36(45)47)14-18-43(23-37)22-33(46)44-16-12-27(13-17-44)26-5-7-28(8-6-26)35-40-24-42(2)41-35/h4-12,20-21,24,38H,13-19,22-23H2,1-3H3/t37-/m0/s1. The van der Waals surface area contributed by atoms with E-state index < -0.39 is 5.41 Å². The lowest BCUT2D eigenvalue weighted by molar-refractivity contribution is -0.132. The van der Waals surface area contributed by atoms with Gasteiger partial charge in [-0.15, -0.1) is 0 Å². The summed E-state index contributed by atoms with van der Waals surface area (Å²) in [7, 11) is 3.42. The molecule has 1 N–H and O–H groups in total. The van der Waals surface area contributed by atoms with E-state index in [9.17, 15) is 9.59 Å². The van der Waals surface area contributed by atoms with Gasteiger partial charge in [-0.3, -0.25) is 24.6 Å². The van der Waals surface area contributed by atoms with Gasteiger partial charge in [0.25, 0.3) is 0 Å². The summed E-state index contributed by atoms with van der Waals surface area (Å²) in [4.78, 5) is 41.8. The van der Waals surface area contributed by atoms with Gasteiger partial charge in [-0.25, -0.2) is 9.97 Å². The number of rotatable bonds is 8. The van der Waals surface area contributed by atoms with Gasteiger partial charge in [0.1, 0.15) is 6.33 Å². The van der Waals surface area contributed by atoms with Gasteiger partial charge in [0, 0.05) is 67.9 Å². The van der Waals surface area contributed by atoms with Crippen LogP contribution in [0.15, 0.2) is 73.2 Å². The maximum Gasteiger partial charge on any atom is 0.237 e. The lowest BCUT2D eigenvalue weighted by Crippen LogP contribution is -2.43. The molecule has 4 aromatic rings. The SMILES string of the molecule is COc1ccc(C(=N)c2cc(N3CC[C@]4(CCN(CC(=O)N5CC=C(c6ccc(-c7ncn(C)n7)cc6)CC5)C4)C3=O)ccc2C)cn1. The predicted molar refractivity (Wildman–Crippen MR) is 184 cm³/mol. The van der Waals surface area contributed by atoms with E-state index in [1.54, 1.807) is 30.4 Å². The molecule has 48 heavy (non-hydrogen) atoms. The second-order valence-corrected chi connectivity index (χ2v) is 13.0. The zero-order valence-corrected chi connectivity index (χ0v) is 27.6. The van der Waals surface area contributed by atoms with Crippen molar-refractivity contribution in [3.8, 4) is 17.3 Å². The quantitative estimate of drug-likeness (QED) is 0.283. The fourth-order valence-corrected chi connectivity index (χ4v) is 7.14. The Hall–Kier alpha value is -5.16. The monoisotopic (exact) mass is 644 g/mol. The van der Waals surface area contributed by atoms with Crippen LogP contribution in [0.4, 0.5) is 5.69 Å².